The molecule has 0 radical (unpaired) electrons. The standard InChI is InChI=1S/C25H27N9/c1-3-19(4-2)34-23-21(15-28-34)29-25(33-12-11-27-32-33)31-24(23)30-22(16-9-10-16)18-13-17-7-5-6-8-20(17)26-14-18/h5-8,11-16,19,22H,3-4,9-10H2,1-2H3,(H,29,30,31)/t22-/m1/s1. The Kier molecular flexibility index (Phi) is 5.16. The molecule has 1 aliphatic rings. The SMILES string of the molecule is CCC(CC)n1ncc2nc(-n3ccnn3)nc(N[C@@H](c3cnc4ccccc4c3)C3CC3)c21. The fraction of sp³-hybridized carbons (Fsp3) is 0.360. The van der Waals surface area contributed by atoms with Gasteiger partial charge in [-0.05, 0) is 49.3 Å². The highest BCUT2D eigenvalue weighted by atomic mass is 15.5. The van der Waals surface area contributed by atoms with Crippen LogP contribution in [-0.2, 0) is 0 Å². The van der Waals surface area contributed by atoms with Crippen LogP contribution in [0.3, 0.4) is 0 Å². The minimum Gasteiger partial charge on any atom is -0.361 e. The number of benzene rings is 1. The number of nitrogens with one attached hydrogen (secondary N) is 1. The lowest BCUT2D eigenvalue weighted by Gasteiger charge is -2.22. The van der Waals surface area contributed by atoms with Crippen LogP contribution in [0.5, 0.6) is 0 Å². The van der Waals surface area contributed by atoms with Crippen molar-refractivity contribution in [2.45, 2.75) is 51.6 Å². The van der Waals surface area contributed by atoms with E-state index in [1.807, 2.05) is 24.5 Å². The highest BCUT2D eigenvalue weighted by Gasteiger charge is 2.34. The van der Waals surface area contributed by atoms with Crippen LogP contribution in [0.2, 0.25) is 0 Å². The number of rotatable bonds is 8. The topological polar surface area (TPSA) is 99.2 Å². The smallest absolute Gasteiger partial charge is 0.254 e. The Labute approximate surface area is 197 Å². The number of aromatic nitrogens is 8. The molecule has 0 bridgehead atoms. The van der Waals surface area contributed by atoms with Gasteiger partial charge in [0, 0.05) is 11.6 Å². The molecule has 0 unspecified atom stereocenters. The molecule has 1 fully saturated rings. The number of hydrogen-bond donors (Lipinski definition) is 1. The molecular formula is C25H27N9. The highest BCUT2D eigenvalue weighted by molar-refractivity contribution is 5.86. The van der Waals surface area contributed by atoms with E-state index in [1.165, 1.54) is 18.4 Å². The lowest BCUT2D eigenvalue weighted by atomic mass is 10.0. The summed E-state index contributed by atoms with van der Waals surface area (Å²) in [5.41, 5.74) is 3.90. The zero-order valence-electron chi connectivity index (χ0n) is 19.3. The molecule has 0 aliphatic heterocycles. The summed E-state index contributed by atoms with van der Waals surface area (Å²) < 4.78 is 3.66. The first kappa shape index (κ1) is 20.7. The molecule has 4 heterocycles. The summed E-state index contributed by atoms with van der Waals surface area (Å²) in [4.78, 5) is 14.4. The molecule has 1 aromatic carbocycles. The number of para-hydroxylation sites is 1. The van der Waals surface area contributed by atoms with Gasteiger partial charge in [0.1, 0.15) is 11.0 Å². The number of fused-ring (bicyclic) bond motifs is 2. The molecule has 34 heavy (non-hydrogen) atoms. The fourth-order valence-corrected chi connectivity index (χ4v) is 4.69. The molecule has 0 spiro atoms. The van der Waals surface area contributed by atoms with Crippen molar-refractivity contribution in [2.75, 3.05) is 5.32 Å². The Morgan fingerprint density at radius 1 is 1.06 bits per heavy atom. The molecule has 9 nitrogen and oxygen atoms in total. The molecule has 1 atom stereocenters. The molecular weight excluding hydrogens is 426 g/mol. The van der Waals surface area contributed by atoms with Gasteiger partial charge < -0.3 is 5.32 Å². The van der Waals surface area contributed by atoms with Crippen molar-refractivity contribution in [3.05, 3.63) is 60.7 Å². The van der Waals surface area contributed by atoms with Crippen LogP contribution in [0.1, 0.15) is 57.2 Å². The van der Waals surface area contributed by atoms with Crippen LogP contribution in [0.4, 0.5) is 5.82 Å². The van der Waals surface area contributed by atoms with Crippen molar-refractivity contribution >= 4 is 27.8 Å². The molecule has 4 aromatic heterocycles. The maximum atomic E-state index is 4.92. The average molecular weight is 454 g/mol. The van der Waals surface area contributed by atoms with Crippen LogP contribution in [0.25, 0.3) is 27.9 Å². The molecule has 1 saturated carbocycles. The summed E-state index contributed by atoms with van der Waals surface area (Å²) in [6.45, 7) is 4.38. The van der Waals surface area contributed by atoms with Gasteiger partial charge in [-0.25, -0.2) is 4.98 Å². The first-order chi connectivity index (χ1) is 16.7. The molecule has 1 aliphatic carbocycles. The molecule has 9 heteroatoms. The second-order valence-corrected chi connectivity index (χ2v) is 8.93. The van der Waals surface area contributed by atoms with Crippen molar-refractivity contribution in [2.24, 2.45) is 5.92 Å². The Bertz CT molecular complexity index is 1430. The minimum atomic E-state index is 0.101. The minimum absolute atomic E-state index is 0.101. The average Bonchev–Trinajstić information content (AvgIpc) is 3.38. The highest BCUT2D eigenvalue weighted by Crippen LogP contribution is 2.44. The van der Waals surface area contributed by atoms with E-state index in [2.05, 4.69) is 52.4 Å². The Hall–Kier alpha value is -3.88. The van der Waals surface area contributed by atoms with Crippen LogP contribution in [0.15, 0.2) is 55.1 Å². The quantitative estimate of drug-likeness (QED) is 0.357. The Balaban J connectivity index is 1.48. The van der Waals surface area contributed by atoms with Crippen LogP contribution >= 0.6 is 0 Å². The maximum Gasteiger partial charge on any atom is 0.254 e. The number of anilines is 1. The van der Waals surface area contributed by atoms with Crippen LogP contribution < -0.4 is 5.32 Å². The third-order valence-electron chi connectivity index (χ3n) is 6.70. The summed E-state index contributed by atoms with van der Waals surface area (Å²) in [6, 6.07) is 10.9. The van der Waals surface area contributed by atoms with Gasteiger partial charge in [-0.1, -0.05) is 37.3 Å². The van der Waals surface area contributed by atoms with Gasteiger partial charge in [0.15, 0.2) is 5.82 Å². The summed E-state index contributed by atoms with van der Waals surface area (Å²) in [6.07, 6.45) is 11.5. The van der Waals surface area contributed by atoms with Gasteiger partial charge in [0.2, 0.25) is 0 Å². The number of hydrogen-bond acceptors (Lipinski definition) is 7. The lowest BCUT2D eigenvalue weighted by Crippen LogP contribution is -2.18. The normalized spacial score (nSPS) is 14.8. The largest absolute Gasteiger partial charge is 0.361 e. The van der Waals surface area contributed by atoms with Crippen molar-refractivity contribution in [1.82, 2.24) is 39.7 Å². The first-order valence-corrected chi connectivity index (χ1v) is 12.0. The first-order valence-electron chi connectivity index (χ1n) is 12.0. The maximum absolute atomic E-state index is 4.92. The van der Waals surface area contributed by atoms with Crippen LogP contribution in [0, 0.1) is 5.92 Å². The van der Waals surface area contributed by atoms with E-state index in [-0.39, 0.29) is 12.1 Å². The van der Waals surface area contributed by atoms with Crippen molar-refractivity contribution in [3.8, 4) is 5.95 Å². The summed E-state index contributed by atoms with van der Waals surface area (Å²) in [5.74, 6) is 1.78. The fourth-order valence-electron chi connectivity index (χ4n) is 4.69. The predicted octanol–water partition coefficient (Wildman–Crippen LogP) is 4.88. The van der Waals surface area contributed by atoms with Gasteiger partial charge >= 0.3 is 0 Å². The van der Waals surface area contributed by atoms with Crippen molar-refractivity contribution in [1.29, 1.82) is 0 Å². The van der Waals surface area contributed by atoms with E-state index in [4.69, 9.17) is 20.1 Å². The van der Waals surface area contributed by atoms with E-state index in [9.17, 15) is 0 Å². The number of nitrogens with zero attached hydrogens (tertiary/aromatic N) is 8. The van der Waals surface area contributed by atoms with E-state index in [0.29, 0.717) is 11.9 Å². The molecule has 5 aromatic rings. The summed E-state index contributed by atoms with van der Waals surface area (Å²) >= 11 is 0. The predicted molar refractivity (Wildman–Crippen MR) is 131 cm³/mol. The van der Waals surface area contributed by atoms with Crippen LogP contribution in [-0.4, -0.2) is 39.7 Å². The number of pyridine rings is 1. The Morgan fingerprint density at radius 3 is 2.68 bits per heavy atom. The van der Waals surface area contributed by atoms with Crippen molar-refractivity contribution < 1.29 is 0 Å². The second-order valence-electron chi connectivity index (χ2n) is 8.93. The van der Waals surface area contributed by atoms with E-state index >= 15 is 0 Å². The second kappa shape index (κ2) is 8.48. The molecule has 6 rings (SSSR count). The van der Waals surface area contributed by atoms with E-state index in [1.54, 1.807) is 17.1 Å². The van der Waals surface area contributed by atoms with Crippen molar-refractivity contribution in [3.63, 3.8) is 0 Å². The summed E-state index contributed by atoms with van der Waals surface area (Å²) in [5, 5.41) is 17.7. The third kappa shape index (κ3) is 3.67. The molecule has 1 N–H and O–H groups in total. The van der Waals surface area contributed by atoms with Gasteiger partial charge in [-0.2, -0.15) is 14.8 Å². The van der Waals surface area contributed by atoms with Gasteiger partial charge in [-0.3, -0.25) is 9.67 Å². The molecule has 172 valence electrons. The van der Waals surface area contributed by atoms with Gasteiger partial charge in [-0.15, -0.1) is 5.10 Å². The molecule has 0 amide bonds. The monoisotopic (exact) mass is 453 g/mol. The lowest BCUT2D eigenvalue weighted by molar-refractivity contribution is 0.441. The zero-order chi connectivity index (χ0) is 23.1. The third-order valence-corrected chi connectivity index (χ3v) is 6.70. The Morgan fingerprint density at radius 2 is 1.91 bits per heavy atom. The van der Waals surface area contributed by atoms with Gasteiger partial charge in [0.25, 0.3) is 5.95 Å². The summed E-state index contributed by atoms with van der Waals surface area (Å²) in [7, 11) is 0. The van der Waals surface area contributed by atoms with Gasteiger partial charge in [0.05, 0.1) is 36.2 Å². The molecule has 0 saturated heterocycles. The van der Waals surface area contributed by atoms with E-state index in [0.717, 1.165) is 40.6 Å². The zero-order valence-corrected chi connectivity index (χ0v) is 19.3. The van der Waals surface area contributed by atoms with E-state index < -0.39 is 0 Å².